The zero-order valence-corrected chi connectivity index (χ0v) is 8.23. The van der Waals surface area contributed by atoms with Gasteiger partial charge in [-0.1, -0.05) is 0 Å². The van der Waals surface area contributed by atoms with Gasteiger partial charge in [-0.2, -0.15) is 5.26 Å². The standard InChI is InChI=1S/C10H12N4/c1-13-10(12)14(2)9-5-3-8(7-11)4-6-9/h3-6H,1-2H3,(H2,12,13). The van der Waals surface area contributed by atoms with E-state index in [2.05, 4.69) is 11.1 Å². The van der Waals surface area contributed by atoms with Gasteiger partial charge in [0.2, 0.25) is 0 Å². The molecule has 14 heavy (non-hydrogen) atoms. The van der Waals surface area contributed by atoms with Crippen LogP contribution in [0.2, 0.25) is 0 Å². The fourth-order valence-corrected chi connectivity index (χ4v) is 1.04. The van der Waals surface area contributed by atoms with Crippen LogP contribution in [0.5, 0.6) is 0 Å². The smallest absolute Gasteiger partial charge is 0.195 e. The van der Waals surface area contributed by atoms with E-state index in [1.807, 2.05) is 19.2 Å². The number of hydrogen-bond donors (Lipinski definition) is 1. The first-order valence-electron chi connectivity index (χ1n) is 4.15. The second kappa shape index (κ2) is 4.28. The van der Waals surface area contributed by atoms with Crippen LogP contribution in [0.1, 0.15) is 5.56 Å². The van der Waals surface area contributed by atoms with E-state index in [9.17, 15) is 0 Å². The quantitative estimate of drug-likeness (QED) is 0.527. The van der Waals surface area contributed by atoms with Crippen molar-refractivity contribution < 1.29 is 0 Å². The maximum Gasteiger partial charge on any atom is 0.195 e. The first-order chi connectivity index (χ1) is 6.69. The lowest BCUT2D eigenvalue weighted by atomic mass is 10.2. The molecule has 0 aliphatic rings. The maximum absolute atomic E-state index is 8.61. The van der Waals surface area contributed by atoms with Crippen molar-refractivity contribution in [3.63, 3.8) is 0 Å². The molecule has 0 bridgehead atoms. The summed E-state index contributed by atoms with van der Waals surface area (Å²) < 4.78 is 0. The number of nitrogens with zero attached hydrogens (tertiary/aromatic N) is 3. The molecular formula is C10H12N4. The van der Waals surface area contributed by atoms with E-state index in [1.54, 1.807) is 24.1 Å². The van der Waals surface area contributed by atoms with Crippen molar-refractivity contribution in [3.8, 4) is 6.07 Å². The highest BCUT2D eigenvalue weighted by atomic mass is 15.2. The molecule has 0 unspecified atom stereocenters. The second-order valence-electron chi connectivity index (χ2n) is 2.80. The molecule has 0 radical (unpaired) electrons. The Hall–Kier alpha value is -2.02. The van der Waals surface area contributed by atoms with Gasteiger partial charge in [0.1, 0.15) is 0 Å². The van der Waals surface area contributed by atoms with Gasteiger partial charge in [0.05, 0.1) is 11.6 Å². The Morgan fingerprint density at radius 3 is 2.43 bits per heavy atom. The number of hydrogen-bond acceptors (Lipinski definition) is 2. The van der Waals surface area contributed by atoms with Gasteiger partial charge in [0.15, 0.2) is 5.96 Å². The topological polar surface area (TPSA) is 65.4 Å². The van der Waals surface area contributed by atoms with E-state index >= 15 is 0 Å². The molecule has 0 fully saturated rings. The van der Waals surface area contributed by atoms with Crippen LogP contribution in [-0.2, 0) is 0 Å². The molecule has 4 heteroatoms. The molecular weight excluding hydrogens is 176 g/mol. The highest BCUT2D eigenvalue weighted by Crippen LogP contribution is 2.12. The van der Waals surface area contributed by atoms with Gasteiger partial charge in [-0.25, -0.2) is 0 Å². The molecule has 1 aromatic rings. The lowest BCUT2D eigenvalue weighted by molar-refractivity contribution is 1.20. The first-order valence-corrected chi connectivity index (χ1v) is 4.15. The average molecular weight is 188 g/mol. The summed E-state index contributed by atoms with van der Waals surface area (Å²) >= 11 is 0. The third kappa shape index (κ3) is 2.02. The SMILES string of the molecule is CN=C(N)N(C)c1ccc(C#N)cc1. The Morgan fingerprint density at radius 2 is 2.00 bits per heavy atom. The van der Waals surface area contributed by atoms with Crippen LogP contribution in [0.15, 0.2) is 29.3 Å². The molecule has 2 N–H and O–H groups in total. The molecule has 0 saturated heterocycles. The Bertz CT molecular complexity index is 372. The number of nitrogens with two attached hydrogens (primary N) is 1. The minimum absolute atomic E-state index is 0.440. The summed E-state index contributed by atoms with van der Waals surface area (Å²) in [5, 5.41) is 8.61. The highest BCUT2D eigenvalue weighted by Gasteiger charge is 2.03. The third-order valence-corrected chi connectivity index (χ3v) is 1.96. The summed E-state index contributed by atoms with van der Waals surface area (Å²) in [6.45, 7) is 0. The number of benzene rings is 1. The van der Waals surface area contributed by atoms with E-state index in [0.29, 0.717) is 11.5 Å². The lowest BCUT2D eigenvalue weighted by Gasteiger charge is -2.17. The number of anilines is 1. The second-order valence-corrected chi connectivity index (χ2v) is 2.80. The van der Waals surface area contributed by atoms with Gasteiger partial charge in [-0.05, 0) is 24.3 Å². The van der Waals surface area contributed by atoms with Crippen molar-refractivity contribution >= 4 is 11.6 Å². The maximum atomic E-state index is 8.61. The van der Waals surface area contributed by atoms with Crippen molar-refractivity contribution in [2.24, 2.45) is 10.7 Å². The Balaban J connectivity index is 2.93. The van der Waals surface area contributed by atoms with Gasteiger partial charge in [0.25, 0.3) is 0 Å². The van der Waals surface area contributed by atoms with E-state index < -0.39 is 0 Å². The predicted octanol–water partition coefficient (Wildman–Crippen LogP) is 0.939. The zero-order chi connectivity index (χ0) is 10.6. The van der Waals surface area contributed by atoms with Crippen molar-refractivity contribution in [2.45, 2.75) is 0 Å². The van der Waals surface area contributed by atoms with Crippen molar-refractivity contribution in [3.05, 3.63) is 29.8 Å². The van der Waals surface area contributed by atoms with E-state index in [4.69, 9.17) is 11.0 Å². The Kier molecular flexibility index (Phi) is 3.08. The number of guanidine groups is 1. The summed E-state index contributed by atoms with van der Waals surface area (Å²) in [6, 6.07) is 9.21. The number of rotatable bonds is 1. The number of nitriles is 1. The first kappa shape index (κ1) is 10.1. The monoisotopic (exact) mass is 188 g/mol. The molecule has 0 aliphatic carbocycles. The van der Waals surface area contributed by atoms with Crippen LogP contribution in [0.3, 0.4) is 0 Å². The molecule has 0 aliphatic heterocycles. The van der Waals surface area contributed by atoms with Crippen molar-refractivity contribution in [2.75, 3.05) is 19.0 Å². The summed E-state index contributed by atoms with van der Waals surface area (Å²) in [7, 11) is 3.46. The van der Waals surface area contributed by atoms with Gasteiger partial charge in [-0.3, -0.25) is 4.99 Å². The summed E-state index contributed by atoms with van der Waals surface area (Å²) in [4.78, 5) is 5.61. The minimum atomic E-state index is 0.440. The lowest BCUT2D eigenvalue weighted by Crippen LogP contribution is -2.33. The third-order valence-electron chi connectivity index (χ3n) is 1.96. The fourth-order valence-electron chi connectivity index (χ4n) is 1.04. The molecule has 0 atom stereocenters. The predicted molar refractivity (Wildman–Crippen MR) is 57.1 cm³/mol. The molecule has 1 rings (SSSR count). The molecule has 4 nitrogen and oxygen atoms in total. The summed E-state index contributed by atoms with van der Waals surface area (Å²) in [5.74, 6) is 0.440. The van der Waals surface area contributed by atoms with Crippen molar-refractivity contribution in [1.29, 1.82) is 5.26 Å². The summed E-state index contributed by atoms with van der Waals surface area (Å²) in [6.07, 6.45) is 0. The fraction of sp³-hybridized carbons (Fsp3) is 0.200. The molecule has 0 amide bonds. The molecule has 0 heterocycles. The normalized spacial score (nSPS) is 10.8. The van der Waals surface area contributed by atoms with Gasteiger partial charge >= 0.3 is 0 Å². The van der Waals surface area contributed by atoms with Crippen LogP contribution < -0.4 is 10.6 Å². The molecule has 0 saturated carbocycles. The Labute approximate surface area is 83.3 Å². The average Bonchev–Trinajstić information content (AvgIpc) is 2.27. The summed E-state index contributed by atoms with van der Waals surface area (Å²) in [5.41, 5.74) is 7.17. The van der Waals surface area contributed by atoms with Crippen LogP contribution in [0.4, 0.5) is 5.69 Å². The molecule has 0 spiro atoms. The van der Waals surface area contributed by atoms with Gasteiger partial charge in [0, 0.05) is 19.8 Å². The zero-order valence-electron chi connectivity index (χ0n) is 8.23. The van der Waals surface area contributed by atoms with Crippen LogP contribution in [0, 0.1) is 11.3 Å². The molecule has 72 valence electrons. The Morgan fingerprint density at radius 1 is 1.43 bits per heavy atom. The molecule has 0 aromatic heterocycles. The van der Waals surface area contributed by atoms with E-state index in [0.717, 1.165) is 5.69 Å². The van der Waals surface area contributed by atoms with Crippen molar-refractivity contribution in [1.82, 2.24) is 0 Å². The minimum Gasteiger partial charge on any atom is -0.370 e. The van der Waals surface area contributed by atoms with E-state index in [1.165, 1.54) is 0 Å². The van der Waals surface area contributed by atoms with Crippen LogP contribution in [0.25, 0.3) is 0 Å². The van der Waals surface area contributed by atoms with Gasteiger partial charge in [-0.15, -0.1) is 0 Å². The van der Waals surface area contributed by atoms with E-state index in [-0.39, 0.29) is 0 Å². The van der Waals surface area contributed by atoms with Crippen LogP contribution >= 0.6 is 0 Å². The number of aliphatic imine (C=N–C) groups is 1. The highest BCUT2D eigenvalue weighted by molar-refractivity contribution is 5.94. The molecule has 1 aromatic carbocycles. The van der Waals surface area contributed by atoms with Crippen LogP contribution in [-0.4, -0.2) is 20.1 Å². The largest absolute Gasteiger partial charge is 0.370 e. The van der Waals surface area contributed by atoms with Gasteiger partial charge < -0.3 is 10.6 Å².